The third-order valence-electron chi connectivity index (χ3n) is 4.73. The topological polar surface area (TPSA) is 44.6 Å². The van der Waals surface area contributed by atoms with Crippen LogP contribution in [0.4, 0.5) is 0 Å². The van der Waals surface area contributed by atoms with Crippen LogP contribution in [-0.2, 0) is 4.74 Å². The molecular formula is C18H30N3O2+. The molecule has 3 aliphatic rings. The molecule has 3 saturated heterocycles. The van der Waals surface area contributed by atoms with Gasteiger partial charge in [0, 0.05) is 19.5 Å². The van der Waals surface area contributed by atoms with Gasteiger partial charge < -0.3 is 5.32 Å². The summed E-state index contributed by atoms with van der Waals surface area (Å²) in [6.45, 7) is 11.4. The van der Waals surface area contributed by atoms with Crippen LogP contribution >= 0.6 is 0 Å². The maximum atomic E-state index is 12.8. The highest BCUT2D eigenvalue weighted by Crippen LogP contribution is 2.42. The highest BCUT2D eigenvalue weighted by molar-refractivity contribution is 5.19. The Balaban J connectivity index is 0.000000924. The van der Waals surface area contributed by atoms with Gasteiger partial charge in [-0.1, -0.05) is 44.7 Å². The number of allylic oxidation sites excluding steroid dienone is 4. The van der Waals surface area contributed by atoms with Gasteiger partial charge in [-0.25, -0.2) is 0 Å². The quantitative estimate of drug-likeness (QED) is 0.640. The molecule has 5 nitrogen and oxygen atoms in total. The third-order valence-corrected chi connectivity index (χ3v) is 4.73. The molecule has 0 bridgehead atoms. The van der Waals surface area contributed by atoms with Crippen molar-refractivity contribution in [3.63, 3.8) is 0 Å². The Morgan fingerprint density at radius 1 is 1.30 bits per heavy atom. The van der Waals surface area contributed by atoms with E-state index < -0.39 is 5.72 Å². The van der Waals surface area contributed by atoms with E-state index in [-0.39, 0.29) is 12.3 Å². The lowest BCUT2D eigenvalue weighted by Gasteiger charge is -2.24. The van der Waals surface area contributed by atoms with Crippen LogP contribution in [0.15, 0.2) is 36.5 Å². The molecular weight excluding hydrogens is 290 g/mol. The van der Waals surface area contributed by atoms with Gasteiger partial charge >= 0.3 is 5.72 Å². The van der Waals surface area contributed by atoms with E-state index in [0.717, 1.165) is 43.6 Å². The molecule has 0 aromatic rings. The molecule has 3 rings (SSSR count). The van der Waals surface area contributed by atoms with Gasteiger partial charge in [0.1, 0.15) is 6.04 Å². The van der Waals surface area contributed by atoms with Crippen molar-refractivity contribution >= 4 is 0 Å². The smallest absolute Gasteiger partial charge is 0.316 e. The van der Waals surface area contributed by atoms with Crippen molar-refractivity contribution in [1.29, 1.82) is 0 Å². The Morgan fingerprint density at radius 3 is 2.65 bits per heavy atom. The molecule has 3 fully saturated rings. The highest BCUT2D eigenvalue weighted by atomic mass is 16.6. The lowest BCUT2D eigenvalue weighted by molar-refractivity contribution is -0.762. The molecule has 2 atom stereocenters. The van der Waals surface area contributed by atoms with E-state index in [4.69, 9.17) is 4.74 Å². The van der Waals surface area contributed by atoms with Crippen LogP contribution in [0.1, 0.15) is 46.5 Å². The van der Waals surface area contributed by atoms with Gasteiger partial charge in [0.15, 0.2) is 11.1 Å². The molecule has 0 saturated carbocycles. The number of nitrogens with one attached hydrogen (secondary N) is 1. The average molecular weight is 320 g/mol. The van der Waals surface area contributed by atoms with Gasteiger partial charge in [0.05, 0.1) is 17.7 Å². The van der Waals surface area contributed by atoms with E-state index in [1.165, 1.54) is 5.57 Å². The van der Waals surface area contributed by atoms with Gasteiger partial charge in [-0.2, -0.15) is 0 Å². The minimum Gasteiger partial charge on any atom is -0.316 e. The second-order valence-electron chi connectivity index (χ2n) is 6.05. The van der Waals surface area contributed by atoms with Crippen molar-refractivity contribution < 1.29 is 9.61 Å². The normalized spacial score (nSPS) is 29.6. The summed E-state index contributed by atoms with van der Waals surface area (Å²) < 4.78 is 6.17. The molecule has 0 radical (unpaired) electrons. The Kier molecular flexibility index (Phi) is 6.13. The maximum absolute atomic E-state index is 12.8. The first-order chi connectivity index (χ1) is 11.2. The van der Waals surface area contributed by atoms with E-state index >= 15 is 0 Å². The van der Waals surface area contributed by atoms with Crippen LogP contribution in [0.25, 0.3) is 0 Å². The van der Waals surface area contributed by atoms with Crippen LogP contribution in [0.3, 0.4) is 0 Å². The Hall–Kier alpha value is -1.46. The number of hydrazine groups is 1. The third kappa shape index (κ3) is 3.40. The molecule has 0 aromatic carbocycles. The molecule has 3 aliphatic heterocycles. The molecule has 2 unspecified atom stereocenters. The summed E-state index contributed by atoms with van der Waals surface area (Å²) in [5.74, 6) is 0. The Morgan fingerprint density at radius 2 is 2.00 bits per heavy atom. The zero-order valence-corrected chi connectivity index (χ0v) is 14.6. The van der Waals surface area contributed by atoms with Gasteiger partial charge in [0.25, 0.3) is 0 Å². The predicted octanol–water partition coefficient (Wildman–Crippen LogP) is 3.30. The molecule has 23 heavy (non-hydrogen) atoms. The summed E-state index contributed by atoms with van der Waals surface area (Å²) in [5.41, 5.74) is 0.567. The van der Waals surface area contributed by atoms with E-state index in [0.29, 0.717) is 0 Å². The van der Waals surface area contributed by atoms with Gasteiger partial charge in [0.2, 0.25) is 0 Å². The number of ether oxygens (including phenoxy) is 1. The number of nitrogens with zero attached hydrogens (tertiary/aromatic N) is 2. The van der Waals surface area contributed by atoms with Gasteiger partial charge in [-0.05, 0) is 18.9 Å². The van der Waals surface area contributed by atoms with Crippen molar-refractivity contribution in [1.82, 2.24) is 10.3 Å². The Labute approximate surface area is 139 Å². The van der Waals surface area contributed by atoms with E-state index in [2.05, 4.69) is 24.9 Å². The minimum atomic E-state index is -0.633. The predicted molar refractivity (Wildman–Crippen MR) is 92.6 cm³/mol. The summed E-state index contributed by atoms with van der Waals surface area (Å²) in [4.78, 5) is 14.0. The summed E-state index contributed by atoms with van der Waals surface area (Å²) in [6.07, 6.45) is 11.1. The fraction of sp³-hybridized carbons (Fsp3) is 0.667. The number of piperidine rings is 1. The number of fused-ring (bicyclic) bond motifs is 1. The first kappa shape index (κ1) is 17.9. The average Bonchev–Trinajstić information content (AvgIpc) is 3.10. The van der Waals surface area contributed by atoms with Gasteiger partial charge in [-0.3, -0.25) is 4.74 Å². The van der Waals surface area contributed by atoms with Crippen LogP contribution in [0.2, 0.25) is 0 Å². The molecule has 128 valence electrons. The summed E-state index contributed by atoms with van der Waals surface area (Å²) in [5, 5.41) is 5.21. The number of hydrogen-bond donors (Lipinski definition) is 1. The van der Waals surface area contributed by atoms with Crippen molar-refractivity contribution in [3.8, 4) is 0 Å². The van der Waals surface area contributed by atoms with Crippen molar-refractivity contribution in [3.05, 3.63) is 41.4 Å². The monoisotopic (exact) mass is 320 g/mol. The summed E-state index contributed by atoms with van der Waals surface area (Å²) >= 11 is 0. The largest absolute Gasteiger partial charge is 0.350 e. The van der Waals surface area contributed by atoms with Crippen LogP contribution in [-0.4, -0.2) is 41.0 Å². The SMILES string of the molecule is C=C/C=C\C=C(/C)C1CCC2OC3(CCNCC3)[N+](=O)N21.CC. The first-order valence-electron chi connectivity index (χ1n) is 8.78. The Bertz CT molecular complexity index is 492. The number of nitroso groups, excluding NO2 is 1. The zero-order chi connectivity index (χ0) is 16.9. The van der Waals surface area contributed by atoms with Crippen LogP contribution in [0.5, 0.6) is 0 Å². The summed E-state index contributed by atoms with van der Waals surface area (Å²) in [7, 11) is 0. The number of hydrogen-bond acceptors (Lipinski definition) is 3. The minimum absolute atomic E-state index is 0.0580. The maximum Gasteiger partial charge on any atom is 0.350 e. The molecule has 0 aromatic heterocycles. The molecule has 0 amide bonds. The molecule has 1 spiro atoms. The van der Waals surface area contributed by atoms with Gasteiger partial charge in [-0.15, -0.1) is 5.01 Å². The lowest BCUT2D eigenvalue weighted by Crippen LogP contribution is -2.50. The fourth-order valence-corrected chi connectivity index (χ4v) is 3.59. The van der Waals surface area contributed by atoms with Crippen molar-refractivity contribution in [2.45, 2.75) is 64.4 Å². The van der Waals surface area contributed by atoms with Crippen molar-refractivity contribution in [2.24, 2.45) is 0 Å². The molecule has 1 N–H and O–H groups in total. The first-order valence-corrected chi connectivity index (χ1v) is 8.78. The molecule has 0 aliphatic carbocycles. The zero-order valence-electron chi connectivity index (χ0n) is 14.6. The van der Waals surface area contributed by atoms with E-state index in [1.807, 2.05) is 31.0 Å². The van der Waals surface area contributed by atoms with E-state index in [9.17, 15) is 4.91 Å². The number of rotatable bonds is 3. The van der Waals surface area contributed by atoms with Crippen LogP contribution in [0, 0.1) is 4.91 Å². The molecule has 5 heteroatoms. The second kappa shape index (κ2) is 7.88. The standard InChI is InChI=1S/C16H24N3O2.C2H6/c1-3-4-5-6-13(2)14-7-8-15-18(14)19(20)16(21-15)9-11-17-12-10-16;1-2/h3-6,14-15,17H,1,7-12H2,2H3;1-2H3/q+1;/b5-4-,13-6+;. The van der Waals surface area contributed by atoms with E-state index in [1.54, 1.807) is 6.08 Å². The van der Waals surface area contributed by atoms with Crippen molar-refractivity contribution in [2.75, 3.05) is 13.1 Å². The fourth-order valence-electron chi connectivity index (χ4n) is 3.59. The lowest BCUT2D eigenvalue weighted by atomic mass is 10.0. The van der Waals surface area contributed by atoms with Crippen LogP contribution < -0.4 is 5.32 Å². The second-order valence-corrected chi connectivity index (χ2v) is 6.05. The molecule has 3 heterocycles. The summed E-state index contributed by atoms with van der Waals surface area (Å²) in [6, 6.07) is 0.149. The highest BCUT2D eigenvalue weighted by Gasteiger charge is 2.65.